The molecule has 4 rings (SSSR count). The molecule has 0 unspecified atom stereocenters. The van der Waals surface area contributed by atoms with E-state index in [0.29, 0.717) is 31.4 Å². The molecule has 0 bridgehead atoms. The summed E-state index contributed by atoms with van der Waals surface area (Å²) >= 11 is 1.07. The van der Waals surface area contributed by atoms with Gasteiger partial charge in [0, 0.05) is 19.3 Å². The molecule has 1 aromatic carbocycles. The number of anilines is 2. The third kappa shape index (κ3) is 3.27. The predicted octanol–water partition coefficient (Wildman–Crippen LogP) is 1.94. The van der Waals surface area contributed by atoms with Gasteiger partial charge in [0.05, 0.1) is 13.2 Å². The van der Waals surface area contributed by atoms with Crippen molar-refractivity contribution >= 4 is 33.0 Å². The zero-order valence-electron chi connectivity index (χ0n) is 14.7. The van der Waals surface area contributed by atoms with Crippen molar-refractivity contribution in [2.45, 2.75) is 0 Å². The second-order valence-electron chi connectivity index (χ2n) is 6.05. The molecule has 1 fully saturated rings. The van der Waals surface area contributed by atoms with Gasteiger partial charge in [-0.05, 0) is 0 Å². The molecule has 1 aliphatic heterocycles. The summed E-state index contributed by atoms with van der Waals surface area (Å²) in [6, 6.07) is 0. The van der Waals surface area contributed by atoms with E-state index in [4.69, 9.17) is 4.74 Å². The number of aromatic nitrogens is 3. The maximum absolute atomic E-state index is 13.8. The van der Waals surface area contributed by atoms with Crippen LogP contribution in [0.25, 0.3) is 4.96 Å². The Balaban J connectivity index is 1.69. The van der Waals surface area contributed by atoms with E-state index in [0.717, 1.165) is 22.0 Å². The minimum absolute atomic E-state index is 0.147. The number of hydrogen-bond acceptors (Lipinski definition) is 7. The average Bonchev–Trinajstić information content (AvgIpc) is 3.20. The van der Waals surface area contributed by atoms with Crippen molar-refractivity contribution in [1.82, 2.24) is 14.6 Å². The van der Waals surface area contributed by atoms with Gasteiger partial charge in [-0.3, -0.25) is 9.59 Å². The summed E-state index contributed by atoms with van der Waals surface area (Å²) < 4.78 is 73.4. The summed E-state index contributed by atoms with van der Waals surface area (Å²) in [5.74, 6) is -12.7. The Kier molecular flexibility index (Phi) is 5.11. The lowest BCUT2D eigenvalue weighted by molar-refractivity contribution is 0.102. The van der Waals surface area contributed by atoms with Gasteiger partial charge in [-0.2, -0.15) is 4.52 Å². The molecule has 1 amide bonds. The Labute approximate surface area is 167 Å². The molecule has 0 aliphatic carbocycles. The highest BCUT2D eigenvalue weighted by molar-refractivity contribution is 7.20. The number of carbonyl (C=O) groups is 1. The summed E-state index contributed by atoms with van der Waals surface area (Å²) in [6.45, 7) is 1.99. The van der Waals surface area contributed by atoms with Crippen LogP contribution in [0.4, 0.5) is 32.8 Å². The number of amides is 1. The molecule has 3 heterocycles. The van der Waals surface area contributed by atoms with Crippen molar-refractivity contribution < 1.29 is 31.5 Å². The maximum Gasteiger partial charge on any atom is 0.288 e. The van der Waals surface area contributed by atoms with E-state index >= 15 is 0 Å². The van der Waals surface area contributed by atoms with E-state index in [1.165, 1.54) is 5.32 Å². The second-order valence-corrected chi connectivity index (χ2v) is 6.99. The number of rotatable bonds is 3. The molecule has 30 heavy (non-hydrogen) atoms. The van der Waals surface area contributed by atoms with Crippen LogP contribution in [0.2, 0.25) is 0 Å². The molecule has 0 spiro atoms. The van der Waals surface area contributed by atoms with Gasteiger partial charge < -0.3 is 15.0 Å². The number of benzene rings is 1. The van der Waals surface area contributed by atoms with Crippen LogP contribution in [0, 0.1) is 29.1 Å². The molecule has 14 heteroatoms. The van der Waals surface area contributed by atoms with E-state index in [2.05, 4.69) is 10.1 Å². The summed E-state index contributed by atoms with van der Waals surface area (Å²) in [7, 11) is 0. The van der Waals surface area contributed by atoms with E-state index in [-0.39, 0.29) is 4.96 Å². The summed E-state index contributed by atoms with van der Waals surface area (Å²) in [6.07, 6.45) is 0.834. The van der Waals surface area contributed by atoms with E-state index in [9.17, 15) is 31.5 Å². The minimum atomic E-state index is -2.37. The van der Waals surface area contributed by atoms with Gasteiger partial charge in [0.1, 0.15) is 11.3 Å². The van der Waals surface area contributed by atoms with Crippen LogP contribution >= 0.6 is 11.3 Å². The monoisotopic (exact) mass is 447 g/mol. The lowest BCUT2D eigenvalue weighted by Crippen LogP contribution is -2.36. The Morgan fingerprint density at radius 1 is 1.03 bits per heavy atom. The fourth-order valence-corrected chi connectivity index (χ4v) is 3.62. The normalized spacial score (nSPS) is 14.4. The van der Waals surface area contributed by atoms with Crippen LogP contribution in [-0.2, 0) is 4.74 Å². The first kappa shape index (κ1) is 20.2. The van der Waals surface area contributed by atoms with Gasteiger partial charge in [0.15, 0.2) is 23.3 Å². The first-order chi connectivity index (χ1) is 14.3. The van der Waals surface area contributed by atoms with Crippen LogP contribution < -0.4 is 15.8 Å². The number of nitrogens with one attached hydrogen (secondary N) is 1. The molecule has 8 nitrogen and oxygen atoms in total. The highest BCUT2D eigenvalue weighted by Crippen LogP contribution is 2.27. The lowest BCUT2D eigenvalue weighted by atomic mass is 10.2. The number of morpholine rings is 1. The molecular formula is C16H10F5N5O3S. The fraction of sp³-hybridized carbons (Fsp3) is 0.250. The van der Waals surface area contributed by atoms with Gasteiger partial charge in [-0.1, -0.05) is 11.3 Å². The highest BCUT2D eigenvalue weighted by atomic mass is 32.1. The SMILES string of the molecule is O=C(Nc1c(F)c(F)c(F)c(F)c1F)c1cnc2sc(N3CCOCC3)nn2c1=O. The van der Waals surface area contributed by atoms with Crippen LogP contribution in [0.3, 0.4) is 0 Å². The molecule has 3 aromatic rings. The third-order valence-corrected chi connectivity index (χ3v) is 5.23. The van der Waals surface area contributed by atoms with Crippen LogP contribution in [0.1, 0.15) is 10.4 Å². The minimum Gasteiger partial charge on any atom is -0.378 e. The van der Waals surface area contributed by atoms with Crippen molar-refractivity contribution in [3.63, 3.8) is 0 Å². The maximum atomic E-state index is 13.8. The highest BCUT2D eigenvalue weighted by Gasteiger charge is 2.28. The largest absolute Gasteiger partial charge is 0.378 e. The number of carbonyl (C=O) groups excluding carboxylic acids is 1. The number of hydrogen-bond donors (Lipinski definition) is 1. The van der Waals surface area contributed by atoms with Gasteiger partial charge >= 0.3 is 0 Å². The Bertz CT molecular complexity index is 1200. The molecule has 0 radical (unpaired) electrons. The topological polar surface area (TPSA) is 88.8 Å². The third-order valence-electron chi connectivity index (χ3n) is 4.25. The summed E-state index contributed by atoms with van der Waals surface area (Å²) in [5.41, 5.74) is -3.25. The number of halogens is 5. The molecule has 0 atom stereocenters. The Morgan fingerprint density at radius 2 is 1.63 bits per heavy atom. The number of ether oxygens (including phenoxy) is 1. The van der Waals surface area contributed by atoms with Crippen molar-refractivity contribution in [1.29, 1.82) is 0 Å². The van der Waals surface area contributed by atoms with Crippen LogP contribution in [0.5, 0.6) is 0 Å². The second kappa shape index (κ2) is 7.60. The molecular weight excluding hydrogens is 437 g/mol. The first-order valence-corrected chi connectivity index (χ1v) is 9.15. The van der Waals surface area contributed by atoms with Gasteiger partial charge in [0.2, 0.25) is 15.9 Å². The molecule has 1 saturated heterocycles. The molecule has 158 valence electrons. The van der Waals surface area contributed by atoms with Crippen LogP contribution in [-0.4, -0.2) is 46.8 Å². The predicted molar refractivity (Wildman–Crippen MR) is 94.4 cm³/mol. The van der Waals surface area contributed by atoms with Gasteiger partial charge in [-0.25, -0.2) is 26.9 Å². The van der Waals surface area contributed by atoms with E-state index in [1.807, 2.05) is 4.90 Å². The van der Waals surface area contributed by atoms with Crippen molar-refractivity contribution in [2.75, 3.05) is 36.5 Å². The van der Waals surface area contributed by atoms with Crippen molar-refractivity contribution in [3.8, 4) is 0 Å². The fourth-order valence-electron chi connectivity index (χ4n) is 2.71. The molecule has 0 saturated carbocycles. The van der Waals surface area contributed by atoms with Crippen LogP contribution in [0.15, 0.2) is 11.0 Å². The van der Waals surface area contributed by atoms with Crippen molar-refractivity contribution in [2.24, 2.45) is 0 Å². The molecule has 2 aromatic heterocycles. The zero-order valence-corrected chi connectivity index (χ0v) is 15.5. The zero-order chi connectivity index (χ0) is 21.6. The number of nitrogens with zero attached hydrogens (tertiary/aromatic N) is 4. The standard InChI is InChI=1S/C16H10F5N5O3S/c17-7-8(18)10(20)12(11(21)9(7)19)23-13(27)6-5-22-15-26(14(6)28)24-16(30-15)25-1-3-29-4-2-25/h5H,1-4H2,(H,23,27). The first-order valence-electron chi connectivity index (χ1n) is 8.34. The van der Waals surface area contributed by atoms with Crippen molar-refractivity contribution in [3.05, 3.63) is 51.2 Å². The van der Waals surface area contributed by atoms with Gasteiger partial charge in [-0.15, -0.1) is 5.10 Å². The quantitative estimate of drug-likeness (QED) is 0.375. The molecule has 1 aliphatic rings. The Morgan fingerprint density at radius 3 is 2.27 bits per heavy atom. The molecule has 1 N–H and O–H groups in total. The Hall–Kier alpha value is -3.13. The summed E-state index contributed by atoms with van der Waals surface area (Å²) in [4.78, 5) is 30.8. The average molecular weight is 447 g/mol. The van der Waals surface area contributed by atoms with E-state index < -0.39 is 51.8 Å². The van der Waals surface area contributed by atoms with E-state index in [1.54, 1.807) is 0 Å². The lowest BCUT2D eigenvalue weighted by Gasteiger charge is -2.25. The number of fused-ring (bicyclic) bond motifs is 1. The summed E-state index contributed by atoms with van der Waals surface area (Å²) in [5, 5.41) is 6.08. The smallest absolute Gasteiger partial charge is 0.288 e. The van der Waals surface area contributed by atoms with Gasteiger partial charge in [0.25, 0.3) is 11.5 Å².